The summed E-state index contributed by atoms with van der Waals surface area (Å²) in [4.78, 5) is 3.75. The number of halogens is 4. The van der Waals surface area contributed by atoms with Crippen molar-refractivity contribution < 1.29 is 13.2 Å². The molecule has 2 N–H and O–H groups in total. The number of alkyl halides is 3. The number of nitrogens with zero attached hydrogens (tertiary/aromatic N) is 1. The van der Waals surface area contributed by atoms with Crippen LogP contribution in [0.3, 0.4) is 0 Å². The lowest BCUT2D eigenvalue weighted by atomic mass is 9.75. The number of fused-ring (bicyclic) bond motifs is 1. The van der Waals surface area contributed by atoms with Crippen LogP contribution in [0.2, 0.25) is 5.02 Å². The molecule has 3 aromatic rings. The van der Waals surface area contributed by atoms with Gasteiger partial charge < -0.3 is 10.6 Å². The highest BCUT2D eigenvalue weighted by molar-refractivity contribution is 6.31. The van der Waals surface area contributed by atoms with Crippen molar-refractivity contribution in [3.8, 4) is 0 Å². The number of anilines is 1. The summed E-state index contributed by atoms with van der Waals surface area (Å²) in [5, 5.41) is 7.52. The van der Waals surface area contributed by atoms with Crippen LogP contribution in [0.25, 0.3) is 10.9 Å². The number of aromatic nitrogens is 1. The Morgan fingerprint density at radius 2 is 1.81 bits per heavy atom. The van der Waals surface area contributed by atoms with Crippen LogP contribution in [-0.2, 0) is 11.6 Å². The van der Waals surface area contributed by atoms with E-state index in [-0.39, 0.29) is 10.9 Å². The minimum atomic E-state index is -4.51. The molecule has 1 fully saturated rings. The number of pyridine rings is 1. The van der Waals surface area contributed by atoms with E-state index in [4.69, 9.17) is 11.6 Å². The molecule has 1 aliphatic heterocycles. The molecular formula is C20H17ClF3N3. The number of rotatable bonds is 4. The van der Waals surface area contributed by atoms with E-state index in [1.54, 1.807) is 12.1 Å². The van der Waals surface area contributed by atoms with E-state index in [9.17, 15) is 13.2 Å². The van der Waals surface area contributed by atoms with Gasteiger partial charge in [0.15, 0.2) is 0 Å². The molecule has 2 heterocycles. The van der Waals surface area contributed by atoms with Gasteiger partial charge in [-0.3, -0.25) is 0 Å². The number of hydrogen-bond donors (Lipinski definition) is 2. The van der Waals surface area contributed by atoms with Gasteiger partial charge in [0.05, 0.1) is 5.52 Å². The van der Waals surface area contributed by atoms with E-state index in [2.05, 4.69) is 15.6 Å². The average molecular weight is 392 g/mol. The fraction of sp³-hybridized carbons (Fsp3) is 0.250. The molecule has 0 radical (unpaired) electrons. The number of benzene rings is 2. The van der Waals surface area contributed by atoms with Crippen LogP contribution >= 0.6 is 11.6 Å². The molecule has 27 heavy (non-hydrogen) atoms. The van der Waals surface area contributed by atoms with Crippen LogP contribution in [0.15, 0.2) is 54.6 Å². The first-order chi connectivity index (χ1) is 12.9. The topological polar surface area (TPSA) is 37.0 Å². The first kappa shape index (κ1) is 18.1. The molecular weight excluding hydrogens is 375 g/mol. The van der Waals surface area contributed by atoms with Gasteiger partial charge in [-0.1, -0.05) is 41.9 Å². The van der Waals surface area contributed by atoms with Crippen LogP contribution in [0, 0.1) is 0 Å². The summed E-state index contributed by atoms with van der Waals surface area (Å²) in [5.41, 5.74) is 0.728. The molecule has 0 bridgehead atoms. The van der Waals surface area contributed by atoms with Gasteiger partial charge in [0.1, 0.15) is 5.69 Å². The molecule has 1 aliphatic rings. The summed E-state index contributed by atoms with van der Waals surface area (Å²) < 4.78 is 39.8. The Morgan fingerprint density at radius 1 is 1.07 bits per heavy atom. The van der Waals surface area contributed by atoms with Crippen LogP contribution in [0.1, 0.15) is 11.3 Å². The highest BCUT2D eigenvalue weighted by Gasteiger charge is 2.39. The maximum absolute atomic E-state index is 13.3. The zero-order valence-electron chi connectivity index (χ0n) is 14.3. The number of hydrogen-bond acceptors (Lipinski definition) is 3. The van der Waals surface area contributed by atoms with Crippen molar-refractivity contribution in [2.24, 2.45) is 0 Å². The second-order valence-corrected chi connectivity index (χ2v) is 7.25. The highest BCUT2D eigenvalue weighted by atomic mass is 35.5. The second kappa shape index (κ2) is 6.69. The zero-order chi connectivity index (χ0) is 19.1. The van der Waals surface area contributed by atoms with Crippen molar-refractivity contribution in [2.45, 2.75) is 11.6 Å². The third-order valence-corrected chi connectivity index (χ3v) is 5.23. The SMILES string of the molecule is FC(F)(F)c1cc(NCC2(c3ccccc3)CNC2)c2cc(Cl)ccc2n1. The second-order valence-electron chi connectivity index (χ2n) is 6.82. The summed E-state index contributed by atoms with van der Waals surface area (Å²) in [6.45, 7) is 2.03. The molecule has 0 atom stereocenters. The fourth-order valence-corrected chi connectivity index (χ4v) is 3.58. The van der Waals surface area contributed by atoms with Crippen molar-refractivity contribution in [1.29, 1.82) is 0 Å². The Kier molecular flexibility index (Phi) is 4.48. The van der Waals surface area contributed by atoms with E-state index < -0.39 is 11.9 Å². The molecule has 4 rings (SSSR count). The Balaban J connectivity index is 1.71. The van der Waals surface area contributed by atoms with Crippen molar-refractivity contribution >= 4 is 28.2 Å². The molecule has 0 unspecified atom stereocenters. The van der Waals surface area contributed by atoms with E-state index in [0.29, 0.717) is 22.6 Å². The lowest BCUT2D eigenvalue weighted by molar-refractivity contribution is -0.140. The molecule has 0 saturated carbocycles. The Labute approximate surface area is 159 Å². The maximum atomic E-state index is 13.3. The molecule has 7 heteroatoms. The van der Waals surface area contributed by atoms with Crippen molar-refractivity contribution in [2.75, 3.05) is 25.0 Å². The number of nitrogens with one attached hydrogen (secondary N) is 2. The Hall–Kier alpha value is -2.31. The predicted octanol–water partition coefficient (Wildman–Crippen LogP) is 4.86. The monoisotopic (exact) mass is 391 g/mol. The summed E-state index contributed by atoms with van der Waals surface area (Å²) in [6, 6.07) is 15.7. The van der Waals surface area contributed by atoms with Crippen molar-refractivity contribution in [3.63, 3.8) is 0 Å². The smallest absolute Gasteiger partial charge is 0.383 e. The molecule has 0 aliphatic carbocycles. The van der Waals surface area contributed by atoms with Gasteiger partial charge in [-0.25, -0.2) is 4.98 Å². The van der Waals surface area contributed by atoms with Gasteiger partial charge in [-0.15, -0.1) is 0 Å². The average Bonchev–Trinajstić information content (AvgIpc) is 2.61. The van der Waals surface area contributed by atoms with Gasteiger partial charge >= 0.3 is 6.18 Å². The van der Waals surface area contributed by atoms with Crippen LogP contribution in [0.5, 0.6) is 0 Å². The lowest BCUT2D eigenvalue weighted by Crippen LogP contribution is -2.60. The molecule has 2 aromatic carbocycles. The van der Waals surface area contributed by atoms with Gasteiger partial charge in [0, 0.05) is 41.1 Å². The Bertz CT molecular complexity index is 969. The molecule has 0 spiro atoms. The molecule has 1 saturated heterocycles. The summed E-state index contributed by atoms with van der Waals surface area (Å²) in [6.07, 6.45) is -4.51. The third-order valence-electron chi connectivity index (χ3n) is 4.99. The summed E-state index contributed by atoms with van der Waals surface area (Å²) >= 11 is 6.06. The molecule has 0 amide bonds. The van der Waals surface area contributed by atoms with Crippen LogP contribution in [-0.4, -0.2) is 24.6 Å². The van der Waals surface area contributed by atoms with E-state index >= 15 is 0 Å². The van der Waals surface area contributed by atoms with Gasteiger partial charge in [0.2, 0.25) is 0 Å². The fourth-order valence-electron chi connectivity index (χ4n) is 3.40. The summed E-state index contributed by atoms with van der Waals surface area (Å²) in [5.74, 6) is 0. The molecule has 3 nitrogen and oxygen atoms in total. The lowest BCUT2D eigenvalue weighted by Gasteiger charge is -2.43. The van der Waals surface area contributed by atoms with Gasteiger partial charge in [-0.05, 0) is 29.8 Å². The normalized spacial score (nSPS) is 16.1. The van der Waals surface area contributed by atoms with Crippen molar-refractivity contribution in [1.82, 2.24) is 10.3 Å². The Morgan fingerprint density at radius 3 is 2.44 bits per heavy atom. The third kappa shape index (κ3) is 3.47. The quantitative estimate of drug-likeness (QED) is 0.667. The minimum absolute atomic E-state index is 0.159. The zero-order valence-corrected chi connectivity index (χ0v) is 15.0. The summed E-state index contributed by atoms with van der Waals surface area (Å²) in [7, 11) is 0. The predicted molar refractivity (Wildman–Crippen MR) is 101 cm³/mol. The highest BCUT2D eigenvalue weighted by Crippen LogP contribution is 2.35. The largest absolute Gasteiger partial charge is 0.433 e. The molecule has 140 valence electrons. The van der Waals surface area contributed by atoms with Crippen LogP contribution in [0.4, 0.5) is 18.9 Å². The van der Waals surface area contributed by atoms with Gasteiger partial charge in [0.25, 0.3) is 0 Å². The van der Waals surface area contributed by atoms with Crippen LogP contribution < -0.4 is 10.6 Å². The minimum Gasteiger partial charge on any atom is -0.383 e. The first-order valence-corrected chi connectivity index (χ1v) is 8.93. The molecule has 1 aromatic heterocycles. The standard InChI is InChI=1S/C20H17ClF3N3/c21-14-6-7-16-15(8-14)17(9-18(27-16)20(22,23)24)26-12-19(10-25-11-19)13-4-2-1-3-5-13/h1-9,25H,10-12H2,(H,26,27). The van der Waals surface area contributed by atoms with Crippen molar-refractivity contribution in [3.05, 3.63) is 70.9 Å². The van der Waals surface area contributed by atoms with E-state index in [1.165, 1.54) is 6.07 Å². The van der Waals surface area contributed by atoms with E-state index in [0.717, 1.165) is 24.7 Å². The van der Waals surface area contributed by atoms with E-state index in [1.807, 2.05) is 30.3 Å². The first-order valence-electron chi connectivity index (χ1n) is 8.55. The van der Waals surface area contributed by atoms with Gasteiger partial charge in [-0.2, -0.15) is 13.2 Å². The maximum Gasteiger partial charge on any atom is 0.433 e.